The molecule has 1 aromatic carbocycles. The zero-order valence-electron chi connectivity index (χ0n) is 14.6. The summed E-state index contributed by atoms with van der Waals surface area (Å²) in [4.78, 5) is 2.41. The van der Waals surface area contributed by atoms with Gasteiger partial charge in [-0.2, -0.15) is 16.1 Å². The summed E-state index contributed by atoms with van der Waals surface area (Å²) in [6.07, 6.45) is 4.56. The highest BCUT2D eigenvalue weighted by molar-refractivity contribution is 7.99. The van der Waals surface area contributed by atoms with E-state index < -0.39 is 10.0 Å². The largest absolute Gasteiger partial charge is 0.302 e. The monoisotopic (exact) mass is 386 g/mol. The number of halogens is 1. The molecule has 140 valence electrons. The van der Waals surface area contributed by atoms with Crippen LogP contribution in [0.3, 0.4) is 0 Å². The Morgan fingerprint density at radius 3 is 2.68 bits per heavy atom. The Kier molecular flexibility index (Phi) is 6.77. The molecule has 1 aromatic rings. The number of sulfonamides is 1. The topological polar surface area (TPSA) is 40.6 Å². The van der Waals surface area contributed by atoms with Crippen LogP contribution in [0.1, 0.15) is 31.2 Å². The summed E-state index contributed by atoms with van der Waals surface area (Å²) >= 11 is 1.85. The molecule has 2 aliphatic rings. The normalized spacial score (nSPS) is 24.1. The van der Waals surface area contributed by atoms with Crippen molar-refractivity contribution < 1.29 is 12.8 Å². The van der Waals surface area contributed by atoms with Crippen molar-refractivity contribution in [2.24, 2.45) is 0 Å². The van der Waals surface area contributed by atoms with Gasteiger partial charge in [0.15, 0.2) is 0 Å². The average Bonchev–Trinajstić information content (AvgIpc) is 2.81. The Hall–Kier alpha value is -0.630. The molecule has 2 aliphatic heterocycles. The molecule has 0 aromatic heterocycles. The van der Waals surface area contributed by atoms with E-state index in [1.54, 1.807) is 16.4 Å². The summed E-state index contributed by atoms with van der Waals surface area (Å²) in [6.45, 7) is 3.52. The fourth-order valence-electron chi connectivity index (χ4n) is 3.68. The van der Waals surface area contributed by atoms with Gasteiger partial charge >= 0.3 is 0 Å². The van der Waals surface area contributed by atoms with Gasteiger partial charge in [-0.1, -0.05) is 18.6 Å². The second-order valence-electron chi connectivity index (χ2n) is 6.94. The number of nitrogens with zero attached hydrogens (tertiary/aromatic N) is 2. The van der Waals surface area contributed by atoms with Crippen molar-refractivity contribution in [1.82, 2.24) is 9.21 Å². The van der Waals surface area contributed by atoms with Gasteiger partial charge in [0.05, 0.1) is 5.75 Å². The lowest BCUT2D eigenvalue weighted by atomic mass is 10.1. The second-order valence-corrected chi connectivity index (χ2v) is 10.0. The molecule has 1 unspecified atom stereocenters. The predicted molar refractivity (Wildman–Crippen MR) is 102 cm³/mol. The maximum atomic E-state index is 13.4. The van der Waals surface area contributed by atoms with E-state index in [-0.39, 0.29) is 17.6 Å². The van der Waals surface area contributed by atoms with Crippen molar-refractivity contribution in [3.8, 4) is 0 Å². The van der Waals surface area contributed by atoms with E-state index in [0.717, 1.165) is 37.6 Å². The van der Waals surface area contributed by atoms with Crippen LogP contribution in [0.25, 0.3) is 0 Å². The molecule has 0 saturated carbocycles. The van der Waals surface area contributed by atoms with Crippen LogP contribution in [0.15, 0.2) is 24.3 Å². The maximum Gasteiger partial charge on any atom is 0.218 e. The molecule has 4 nitrogen and oxygen atoms in total. The third kappa shape index (κ3) is 5.42. The number of rotatable bonds is 5. The van der Waals surface area contributed by atoms with Crippen LogP contribution < -0.4 is 0 Å². The Morgan fingerprint density at radius 1 is 1.12 bits per heavy atom. The summed E-state index contributed by atoms with van der Waals surface area (Å²) in [5.41, 5.74) is 0.522. The average molecular weight is 387 g/mol. The molecule has 1 atom stereocenters. The molecule has 2 fully saturated rings. The van der Waals surface area contributed by atoms with Crippen molar-refractivity contribution in [2.45, 2.75) is 37.5 Å². The molecular formula is C18H27FN2O2S2. The number of likely N-dealkylation sites (tertiary alicyclic amines) is 1. The van der Waals surface area contributed by atoms with Gasteiger partial charge in [0, 0.05) is 24.9 Å². The van der Waals surface area contributed by atoms with Crippen LogP contribution in [-0.2, 0) is 15.8 Å². The van der Waals surface area contributed by atoms with Crippen LogP contribution in [0.5, 0.6) is 0 Å². The smallest absolute Gasteiger partial charge is 0.218 e. The Bertz CT molecular complexity index is 663. The summed E-state index contributed by atoms with van der Waals surface area (Å²) in [7, 11) is -3.45. The van der Waals surface area contributed by atoms with Crippen molar-refractivity contribution in [3.63, 3.8) is 0 Å². The first-order valence-corrected chi connectivity index (χ1v) is 11.8. The van der Waals surface area contributed by atoms with E-state index in [9.17, 15) is 12.8 Å². The highest BCUT2D eigenvalue weighted by Crippen LogP contribution is 2.24. The fraction of sp³-hybridized carbons (Fsp3) is 0.667. The van der Waals surface area contributed by atoms with Gasteiger partial charge in [0.25, 0.3) is 0 Å². The van der Waals surface area contributed by atoms with Crippen LogP contribution in [0, 0.1) is 5.82 Å². The zero-order valence-corrected chi connectivity index (χ0v) is 16.2. The van der Waals surface area contributed by atoms with Crippen molar-refractivity contribution in [1.29, 1.82) is 0 Å². The standard InChI is InChI=1S/C18H27FN2O2S2/c19-17-7-4-6-16(12-17)15-25(22,23)21-10-5-11-24-14-18(21)13-20-8-2-1-3-9-20/h4,6-7,12,18H,1-3,5,8-11,13-15H2. The first-order chi connectivity index (χ1) is 12.0. The molecule has 0 aliphatic carbocycles. The zero-order chi connectivity index (χ0) is 17.7. The molecule has 0 N–H and O–H groups in total. The Labute approximate surface area is 154 Å². The van der Waals surface area contributed by atoms with Gasteiger partial charge < -0.3 is 4.90 Å². The second kappa shape index (κ2) is 8.84. The van der Waals surface area contributed by atoms with Gasteiger partial charge in [-0.3, -0.25) is 0 Å². The Balaban J connectivity index is 1.74. The lowest BCUT2D eigenvalue weighted by Gasteiger charge is -2.35. The molecule has 0 amide bonds. The molecule has 7 heteroatoms. The lowest BCUT2D eigenvalue weighted by Crippen LogP contribution is -2.49. The van der Waals surface area contributed by atoms with Crippen LogP contribution in [-0.4, -0.2) is 61.3 Å². The van der Waals surface area contributed by atoms with Crippen LogP contribution in [0.2, 0.25) is 0 Å². The highest BCUT2D eigenvalue weighted by Gasteiger charge is 2.32. The number of thioether (sulfide) groups is 1. The molecule has 2 saturated heterocycles. The van der Waals surface area contributed by atoms with Crippen molar-refractivity contribution in [3.05, 3.63) is 35.6 Å². The molecule has 25 heavy (non-hydrogen) atoms. The van der Waals surface area contributed by atoms with Gasteiger partial charge in [-0.25, -0.2) is 12.8 Å². The van der Waals surface area contributed by atoms with Crippen LogP contribution in [0.4, 0.5) is 4.39 Å². The third-order valence-electron chi connectivity index (χ3n) is 4.90. The van der Waals surface area contributed by atoms with Gasteiger partial charge in [-0.05, 0) is 55.8 Å². The fourth-order valence-corrected chi connectivity index (χ4v) is 6.60. The predicted octanol–water partition coefficient (Wildman–Crippen LogP) is 2.95. The number of benzene rings is 1. The minimum Gasteiger partial charge on any atom is -0.302 e. The molecule has 0 spiro atoms. The molecule has 3 rings (SSSR count). The summed E-state index contributed by atoms with van der Waals surface area (Å²) in [5.74, 6) is 1.34. The van der Waals surface area contributed by atoms with E-state index in [1.165, 1.54) is 31.4 Å². The molecular weight excluding hydrogens is 359 g/mol. The van der Waals surface area contributed by atoms with E-state index >= 15 is 0 Å². The van der Waals surface area contributed by atoms with Crippen molar-refractivity contribution >= 4 is 21.8 Å². The maximum absolute atomic E-state index is 13.4. The van der Waals surface area contributed by atoms with Gasteiger partial charge in [0.1, 0.15) is 5.82 Å². The quantitative estimate of drug-likeness (QED) is 0.780. The van der Waals surface area contributed by atoms with Crippen LogP contribution >= 0.6 is 11.8 Å². The number of piperidine rings is 1. The lowest BCUT2D eigenvalue weighted by molar-refractivity contribution is 0.183. The summed E-state index contributed by atoms with van der Waals surface area (Å²) in [6, 6.07) is 5.95. The first-order valence-electron chi connectivity index (χ1n) is 9.09. The van der Waals surface area contributed by atoms with Gasteiger partial charge in [-0.15, -0.1) is 0 Å². The van der Waals surface area contributed by atoms with E-state index in [0.29, 0.717) is 12.1 Å². The van der Waals surface area contributed by atoms with E-state index in [2.05, 4.69) is 4.90 Å². The minimum absolute atomic E-state index is 0.0177. The number of hydrogen-bond donors (Lipinski definition) is 0. The first kappa shape index (κ1) is 19.1. The third-order valence-corrected chi connectivity index (χ3v) is 7.99. The molecule has 2 heterocycles. The highest BCUT2D eigenvalue weighted by atomic mass is 32.2. The SMILES string of the molecule is O=S(=O)(Cc1cccc(F)c1)N1CCCSCC1CN1CCCCC1. The van der Waals surface area contributed by atoms with Gasteiger partial charge in [0.2, 0.25) is 10.0 Å². The summed E-state index contributed by atoms with van der Waals surface area (Å²) < 4.78 is 41.2. The molecule has 0 bridgehead atoms. The minimum atomic E-state index is -3.45. The van der Waals surface area contributed by atoms with E-state index in [4.69, 9.17) is 0 Å². The van der Waals surface area contributed by atoms with Crippen molar-refractivity contribution in [2.75, 3.05) is 37.7 Å². The van der Waals surface area contributed by atoms with E-state index in [1.807, 2.05) is 11.8 Å². The summed E-state index contributed by atoms with van der Waals surface area (Å²) in [5, 5.41) is 0. The molecule has 0 radical (unpaired) electrons. The number of hydrogen-bond acceptors (Lipinski definition) is 4. The Morgan fingerprint density at radius 2 is 1.92 bits per heavy atom.